The van der Waals surface area contributed by atoms with Gasteiger partial charge in [0.15, 0.2) is 11.5 Å². The van der Waals surface area contributed by atoms with Crippen LogP contribution in [0, 0.1) is 6.92 Å². The van der Waals surface area contributed by atoms with Crippen LogP contribution in [0.4, 0.5) is 0 Å². The van der Waals surface area contributed by atoms with Crippen LogP contribution in [0.2, 0.25) is 0 Å². The fraction of sp³-hybridized carbons (Fsp3) is 0.211. The van der Waals surface area contributed by atoms with Gasteiger partial charge >= 0.3 is 5.97 Å². The molecule has 0 unspecified atom stereocenters. The minimum atomic E-state index is -0.399. The third-order valence-corrected chi connectivity index (χ3v) is 3.45. The highest BCUT2D eigenvalue weighted by molar-refractivity contribution is 5.87. The minimum absolute atomic E-state index is 0.399. The first-order valence-electron chi connectivity index (χ1n) is 7.25. The number of ether oxygens (including phenoxy) is 3. The van der Waals surface area contributed by atoms with Gasteiger partial charge in [0.25, 0.3) is 0 Å². The quantitative estimate of drug-likeness (QED) is 0.601. The van der Waals surface area contributed by atoms with Crippen LogP contribution in [0.5, 0.6) is 11.5 Å². The Kier molecular flexibility index (Phi) is 5.80. The average Bonchev–Trinajstić information content (AvgIpc) is 2.59. The molecule has 0 N–H and O–H groups in total. The molecular weight excluding hydrogens is 292 g/mol. The van der Waals surface area contributed by atoms with Crippen LogP contribution in [0.15, 0.2) is 48.5 Å². The van der Waals surface area contributed by atoms with Gasteiger partial charge in [-0.15, -0.1) is 0 Å². The van der Waals surface area contributed by atoms with Crippen molar-refractivity contribution in [1.82, 2.24) is 0 Å². The molecule has 0 amide bonds. The molecule has 0 aliphatic carbocycles. The normalized spacial score (nSPS) is 10.6. The number of rotatable bonds is 6. The van der Waals surface area contributed by atoms with Crippen molar-refractivity contribution in [2.45, 2.75) is 13.5 Å². The first-order chi connectivity index (χ1) is 11.1. The molecule has 0 saturated carbocycles. The largest absolute Gasteiger partial charge is 0.493 e. The molecule has 2 aromatic rings. The van der Waals surface area contributed by atoms with Crippen molar-refractivity contribution in [3.63, 3.8) is 0 Å². The minimum Gasteiger partial charge on any atom is -0.493 e. The molecule has 0 atom stereocenters. The van der Waals surface area contributed by atoms with Gasteiger partial charge in [-0.25, -0.2) is 4.79 Å². The lowest BCUT2D eigenvalue weighted by molar-refractivity contribution is -0.134. The highest BCUT2D eigenvalue weighted by Crippen LogP contribution is 2.29. The molecule has 0 radical (unpaired) electrons. The van der Waals surface area contributed by atoms with Gasteiger partial charge in [-0.2, -0.15) is 0 Å². The Hall–Kier alpha value is -2.75. The van der Waals surface area contributed by atoms with Gasteiger partial charge in [0.2, 0.25) is 0 Å². The Morgan fingerprint density at radius 1 is 1.09 bits per heavy atom. The predicted octanol–water partition coefficient (Wildman–Crippen LogP) is 3.77. The molecule has 0 spiro atoms. The van der Waals surface area contributed by atoms with Gasteiger partial charge in [0, 0.05) is 6.08 Å². The molecule has 0 aromatic heterocycles. The SMILES string of the molecule is COC(=O)/C=C/c1ccc(OCc2ccccc2C)c(OC)c1. The van der Waals surface area contributed by atoms with Gasteiger partial charge in [0.1, 0.15) is 6.61 Å². The Morgan fingerprint density at radius 2 is 1.87 bits per heavy atom. The highest BCUT2D eigenvalue weighted by atomic mass is 16.5. The standard InChI is InChI=1S/C19H20O4/c1-14-6-4-5-7-16(14)13-23-17-10-8-15(12-18(17)21-2)9-11-19(20)22-3/h4-12H,13H2,1-3H3/b11-9+. The predicted molar refractivity (Wildman–Crippen MR) is 89.6 cm³/mol. The molecule has 0 fully saturated rings. The third kappa shape index (κ3) is 4.61. The van der Waals surface area contributed by atoms with E-state index in [1.54, 1.807) is 13.2 Å². The van der Waals surface area contributed by atoms with Crippen molar-refractivity contribution < 1.29 is 19.0 Å². The van der Waals surface area contributed by atoms with Crippen molar-refractivity contribution in [2.24, 2.45) is 0 Å². The van der Waals surface area contributed by atoms with Gasteiger partial charge in [0.05, 0.1) is 14.2 Å². The maximum Gasteiger partial charge on any atom is 0.330 e. The maximum atomic E-state index is 11.1. The molecule has 23 heavy (non-hydrogen) atoms. The molecule has 0 bridgehead atoms. The van der Waals surface area contributed by atoms with Crippen LogP contribution >= 0.6 is 0 Å². The smallest absolute Gasteiger partial charge is 0.330 e. The zero-order valence-electron chi connectivity index (χ0n) is 13.5. The number of methoxy groups -OCH3 is 2. The average molecular weight is 312 g/mol. The molecule has 0 saturated heterocycles. The molecule has 4 nitrogen and oxygen atoms in total. The summed E-state index contributed by atoms with van der Waals surface area (Å²) in [6.07, 6.45) is 3.03. The summed E-state index contributed by atoms with van der Waals surface area (Å²) in [5, 5.41) is 0. The Balaban J connectivity index is 2.12. The molecule has 0 heterocycles. The van der Waals surface area contributed by atoms with E-state index < -0.39 is 5.97 Å². The van der Waals surface area contributed by atoms with Gasteiger partial charge in [-0.1, -0.05) is 30.3 Å². The summed E-state index contributed by atoms with van der Waals surface area (Å²) >= 11 is 0. The van der Waals surface area contributed by atoms with E-state index in [4.69, 9.17) is 9.47 Å². The second-order valence-corrected chi connectivity index (χ2v) is 4.98. The lowest BCUT2D eigenvalue weighted by Gasteiger charge is -2.12. The number of aryl methyl sites for hydroxylation is 1. The highest BCUT2D eigenvalue weighted by Gasteiger charge is 2.06. The van der Waals surface area contributed by atoms with E-state index in [9.17, 15) is 4.79 Å². The number of hydrogen-bond donors (Lipinski definition) is 0. The Morgan fingerprint density at radius 3 is 2.57 bits per heavy atom. The van der Waals surface area contributed by atoms with E-state index >= 15 is 0 Å². The number of carbonyl (C=O) groups excluding carboxylic acids is 1. The van der Waals surface area contributed by atoms with Crippen LogP contribution in [-0.2, 0) is 16.1 Å². The molecule has 4 heteroatoms. The number of hydrogen-bond acceptors (Lipinski definition) is 4. The van der Waals surface area contributed by atoms with E-state index in [-0.39, 0.29) is 0 Å². The van der Waals surface area contributed by atoms with Crippen LogP contribution in [0.25, 0.3) is 6.08 Å². The van der Waals surface area contributed by atoms with E-state index in [2.05, 4.69) is 17.7 Å². The van der Waals surface area contributed by atoms with Crippen LogP contribution in [-0.4, -0.2) is 20.2 Å². The van der Waals surface area contributed by atoms with Crippen molar-refractivity contribution in [1.29, 1.82) is 0 Å². The van der Waals surface area contributed by atoms with Crippen molar-refractivity contribution >= 4 is 12.0 Å². The Labute approximate surface area is 136 Å². The van der Waals surface area contributed by atoms with Gasteiger partial charge < -0.3 is 14.2 Å². The second-order valence-electron chi connectivity index (χ2n) is 4.98. The summed E-state index contributed by atoms with van der Waals surface area (Å²) in [7, 11) is 2.93. The van der Waals surface area contributed by atoms with Crippen molar-refractivity contribution in [3.05, 3.63) is 65.2 Å². The number of esters is 1. The van der Waals surface area contributed by atoms with Crippen molar-refractivity contribution in [3.8, 4) is 11.5 Å². The molecule has 0 aliphatic heterocycles. The lowest BCUT2D eigenvalue weighted by Crippen LogP contribution is -1.99. The van der Waals surface area contributed by atoms with Gasteiger partial charge in [-0.05, 0) is 41.8 Å². The molecule has 2 aromatic carbocycles. The molecular formula is C19H20O4. The first kappa shape index (κ1) is 16.6. The van der Waals surface area contributed by atoms with Crippen molar-refractivity contribution in [2.75, 3.05) is 14.2 Å². The fourth-order valence-corrected chi connectivity index (χ4v) is 2.07. The van der Waals surface area contributed by atoms with E-state index in [0.29, 0.717) is 18.1 Å². The zero-order valence-corrected chi connectivity index (χ0v) is 13.5. The Bertz CT molecular complexity index is 704. The molecule has 0 aliphatic rings. The van der Waals surface area contributed by atoms with E-state index in [1.165, 1.54) is 18.7 Å². The van der Waals surface area contributed by atoms with Crippen LogP contribution in [0.3, 0.4) is 0 Å². The first-order valence-corrected chi connectivity index (χ1v) is 7.25. The number of carbonyl (C=O) groups is 1. The van der Waals surface area contributed by atoms with Crippen LogP contribution < -0.4 is 9.47 Å². The summed E-state index contributed by atoms with van der Waals surface area (Å²) in [5.41, 5.74) is 3.14. The monoisotopic (exact) mass is 312 g/mol. The summed E-state index contributed by atoms with van der Waals surface area (Å²) in [4.78, 5) is 11.1. The van der Waals surface area contributed by atoms with E-state index in [0.717, 1.165) is 11.1 Å². The third-order valence-electron chi connectivity index (χ3n) is 3.45. The van der Waals surface area contributed by atoms with Crippen LogP contribution in [0.1, 0.15) is 16.7 Å². The van der Waals surface area contributed by atoms with Gasteiger partial charge in [-0.3, -0.25) is 0 Å². The summed E-state index contributed by atoms with van der Waals surface area (Å²) in [5.74, 6) is 0.875. The summed E-state index contributed by atoms with van der Waals surface area (Å²) < 4.78 is 15.8. The lowest BCUT2D eigenvalue weighted by atomic mass is 10.1. The number of benzene rings is 2. The maximum absolute atomic E-state index is 11.1. The second kappa shape index (κ2) is 8.03. The summed E-state index contributed by atoms with van der Waals surface area (Å²) in [6, 6.07) is 13.6. The fourth-order valence-electron chi connectivity index (χ4n) is 2.07. The summed E-state index contributed by atoms with van der Waals surface area (Å²) in [6.45, 7) is 2.52. The molecule has 120 valence electrons. The molecule has 2 rings (SSSR count). The van der Waals surface area contributed by atoms with E-state index in [1.807, 2.05) is 36.4 Å². The zero-order chi connectivity index (χ0) is 16.7. The topological polar surface area (TPSA) is 44.8 Å².